The Morgan fingerprint density at radius 3 is 2.55 bits per heavy atom. The molecule has 1 saturated heterocycles. The van der Waals surface area contributed by atoms with Gasteiger partial charge in [0.25, 0.3) is 0 Å². The minimum Gasteiger partial charge on any atom is -0.495 e. The molecule has 3 heterocycles. The standard InChI is InChI=1S/C28H24N4O5S/c1-16(33)30-21-15-19(10-11-23(21)36-2)32-26(25(31-28(32)38)20-5-3-4-14-29-20)24-13-12-22(37-24)17-6-8-18(9-7-17)27(34)35/h3-15,25-26H,1-2H3,(H,30,33)(H,31,38)(H,34,35)/t25-,26-/m1/s1. The quantitative estimate of drug-likeness (QED) is 0.279. The first-order valence-electron chi connectivity index (χ1n) is 11.8. The van der Waals surface area contributed by atoms with E-state index in [1.54, 1.807) is 30.5 Å². The summed E-state index contributed by atoms with van der Waals surface area (Å²) in [6.07, 6.45) is 1.72. The van der Waals surface area contributed by atoms with E-state index in [-0.39, 0.29) is 17.5 Å². The van der Waals surface area contributed by atoms with Crippen molar-refractivity contribution < 1.29 is 23.8 Å². The molecule has 0 spiro atoms. The molecule has 1 aliphatic heterocycles. The zero-order chi connectivity index (χ0) is 26.8. The normalized spacial score (nSPS) is 16.7. The Morgan fingerprint density at radius 2 is 1.89 bits per heavy atom. The van der Waals surface area contributed by atoms with Gasteiger partial charge in [-0.1, -0.05) is 18.2 Å². The van der Waals surface area contributed by atoms with Crippen LogP contribution in [-0.4, -0.2) is 34.2 Å². The van der Waals surface area contributed by atoms with E-state index >= 15 is 0 Å². The Balaban J connectivity index is 1.58. The molecule has 38 heavy (non-hydrogen) atoms. The van der Waals surface area contributed by atoms with E-state index in [0.717, 1.165) is 16.9 Å². The lowest BCUT2D eigenvalue weighted by Crippen LogP contribution is -2.29. The number of methoxy groups -OCH3 is 1. The number of carboxylic acids is 1. The van der Waals surface area contributed by atoms with Crippen molar-refractivity contribution in [2.75, 3.05) is 17.3 Å². The smallest absolute Gasteiger partial charge is 0.335 e. The van der Waals surface area contributed by atoms with E-state index in [1.807, 2.05) is 41.3 Å². The number of carboxylic acid groups (broad SMARTS) is 1. The molecule has 192 valence electrons. The summed E-state index contributed by atoms with van der Waals surface area (Å²) < 4.78 is 11.8. The van der Waals surface area contributed by atoms with Gasteiger partial charge in [0.2, 0.25) is 5.91 Å². The average Bonchev–Trinajstić information content (AvgIpc) is 3.53. The van der Waals surface area contributed by atoms with Gasteiger partial charge in [0.15, 0.2) is 5.11 Å². The molecule has 0 radical (unpaired) electrons. The largest absolute Gasteiger partial charge is 0.495 e. The third-order valence-electron chi connectivity index (χ3n) is 6.20. The van der Waals surface area contributed by atoms with Crippen LogP contribution in [0.25, 0.3) is 11.3 Å². The van der Waals surface area contributed by atoms with Crippen LogP contribution in [0.5, 0.6) is 5.75 Å². The Kier molecular flexibility index (Phi) is 6.80. The number of aromatic carboxylic acids is 1. The van der Waals surface area contributed by atoms with Gasteiger partial charge in [-0.2, -0.15) is 0 Å². The third-order valence-corrected chi connectivity index (χ3v) is 6.52. The molecule has 9 nitrogen and oxygen atoms in total. The van der Waals surface area contributed by atoms with Crippen LogP contribution in [0.4, 0.5) is 11.4 Å². The van der Waals surface area contributed by atoms with Crippen molar-refractivity contribution in [2.24, 2.45) is 0 Å². The van der Waals surface area contributed by atoms with Gasteiger partial charge in [-0.15, -0.1) is 0 Å². The summed E-state index contributed by atoms with van der Waals surface area (Å²) in [6, 6.07) is 20.6. The fraction of sp³-hybridized carbons (Fsp3) is 0.143. The molecule has 2 atom stereocenters. The van der Waals surface area contributed by atoms with Crippen LogP contribution in [0.2, 0.25) is 0 Å². The molecule has 10 heteroatoms. The summed E-state index contributed by atoms with van der Waals surface area (Å²) in [4.78, 5) is 29.5. The molecule has 1 amide bonds. The number of carbonyl (C=O) groups is 2. The lowest BCUT2D eigenvalue weighted by atomic mass is 10.0. The number of furan rings is 1. The van der Waals surface area contributed by atoms with Gasteiger partial charge in [0.05, 0.1) is 30.1 Å². The molecule has 0 aliphatic carbocycles. The van der Waals surface area contributed by atoms with Crippen molar-refractivity contribution in [2.45, 2.75) is 19.0 Å². The molecule has 5 rings (SSSR count). The Labute approximate surface area is 224 Å². The van der Waals surface area contributed by atoms with Gasteiger partial charge in [-0.3, -0.25) is 9.78 Å². The van der Waals surface area contributed by atoms with Crippen molar-refractivity contribution in [1.82, 2.24) is 10.3 Å². The number of carbonyl (C=O) groups excluding carboxylic acids is 1. The fourth-order valence-corrected chi connectivity index (χ4v) is 4.84. The highest BCUT2D eigenvalue weighted by Crippen LogP contribution is 2.44. The number of ether oxygens (including phenoxy) is 1. The maximum absolute atomic E-state index is 11.8. The zero-order valence-corrected chi connectivity index (χ0v) is 21.4. The van der Waals surface area contributed by atoms with Crippen molar-refractivity contribution in [1.29, 1.82) is 0 Å². The number of hydrogen-bond donors (Lipinski definition) is 3. The predicted molar refractivity (Wildman–Crippen MR) is 146 cm³/mol. The Morgan fingerprint density at radius 1 is 1.11 bits per heavy atom. The molecule has 4 aromatic rings. The van der Waals surface area contributed by atoms with Gasteiger partial charge in [0.1, 0.15) is 23.3 Å². The second kappa shape index (κ2) is 10.3. The monoisotopic (exact) mass is 528 g/mol. The number of amides is 1. The average molecular weight is 529 g/mol. The number of rotatable bonds is 7. The molecular formula is C28H24N4O5S. The van der Waals surface area contributed by atoms with Crippen LogP contribution in [0, 0.1) is 0 Å². The van der Waals surface area contributed by atoms with Crippen LogP contribution in [0.15, 0.2) is 83.4 Å². The van der Waals surface area contributed by atoms with Crippen molar-refractivity contribution in [3.63, 3.8) is 0 Å². The first kappa shape index (κ1) is 25.0. The lowest BCUT2D eigenvalue weighted by Gasteiger charge is -2.27. The summed E-state index contributed by atoms with van der Waals surface area (Å²) in [5.74, 6) is 0.513. The summed E-state index contributed by atoms with van der Waals surface area (Å²) in [7, 11) is 1.54. The van der Waals surface area contributed by atoms with E-state index in [2.05, 4.69) is 15.6 Å². The van der Waals surface area contributed by atoms with Crippen LogP contribution >= 0.6 is 12.2 Å². The van der Waals surface area contributed by atoms with Crippen molar-refractivity contribution in [3.05, 3.63) is 96.0 Å². The maximum Gasteiger partial charge on any atom is 0.335 e. The zero-order valence-electron chi connectivity index (χ0n) is 20.5. The van der Waals surface area contributed by atoms with Crippen LogP contribution in [0.1, 0.15) is 40.8 Å². The van der Waals surface area contributed by atoms with E-state index in [1.165, 1.54) is 26.2 Å². The minimum atomic E-state index is -0.991. The number of hydrogen-bond acceptors (Lipinski definition) is 6. The lowest BCUT2D eigenvalue weighted by molar-refractivity contribution is -0.114. The minimum absolute atomic E-state index is 0.196. The number of thiocarbonyl (C=S) groups is 1. The topological polar surface area (TPSA) is 117 Å². The number of nitrogens with one attached hydrogen (secondary N) is 2. The van der Waals surface area contributed by atoms with E-state index in [0.29, 0.717) is 28.1 Å². The fourth-order valence-electron chi connectivity index (χ4n) is 4.50. The van der Waals surface area contributed by atoms with Crippen LogP contribution < -0.4 is 20.3 Å². The first-order valence-corrected chi connectivity index (χ1v) is 12.2. The number of nitrogens with zero attached hydrogens (tertiary/aromatic N) is 2. The number of benzene rings is 2. The summed E-state index contributed by atoms with van der Waals surface area (Å²) in [5.41, 5.74) is 2.95. The molecule has 0 saturated carbocycles. The van der Waals surface area contributed by atoms with Gasteiger partial charge < -0.3 is 29.8 Å². The molecule has 0 unspecified atom stereocenters. The molecule has 2 aromatic carbocycles. The summed E-state index contributed by atoms with van der Waals surface area (Å²) >= 11 is 5.78. The number of anilines is 2. The van der Waals surface area contributed by atoms with Crippen LogP contribution in [0.3, 0.4) is 0 Å². The van der Waals surface area contributed by atoms with E-state index in [4.69, 9.17) is 21.4 Å². The first-order chi connectivity index (χ1) is 18.4. The highest BCUT2D eigenvalue weighted by molar-refractivity contribution is 7.80. The van der Waals surface area contributed by atoms with Crippen LogP contribution in [-0.2, 0) is 4.79 Å². The van der Waals surface area contributed by atoms with Gasteiger partial charge >= 0.3 is 5.97 Å². The highest BCUT2D eigenvalue weighted by Gasteiger charge is 2.42. The molecular weight excluding hydrogens is 504 g/mol. The van der Waals surface area contributed by atoms with E-state index < -0.39 is 12.0 Å². The molecule has 2 aromatic heterocycles. The predicted octanol–water partition coefficient (Wildman–Crippen LogP) is 5.18. The van der Waals surface area contributed by atoms with Gasteiger partial charge in [0, 0.05) is 24.4 Å². The maximum atomic E-state index is 11.8. The van der Waals surface area contributed by atoms with Gasteiger partial charge in [-0.25, -0.2) is 4.79 Å². The van der Waals surface area contributed by atoms with Gasteiger partial charge in [-0.05, 0) is 66.8 Å². The second-order valence-electron chi connectivity index (χ2n) is 8.65. The summed E-state index contributed by atoms with van der Waals surface area (Å²) in [5, 5.41) is 15.9. The van der Waals surface area contributed by atoms with E-state index in [9.17, 15) is 14.7 Å². The Bertz CT molecular complexity index is 1500. The summed E-state index contributed by atoms with van der Waals surface area (Å²) in [6.45, 7) is 1.43. The van der Waals surface area contributed by atoms with Crippen molar-refractivity contribution >= 4 is 40.6 Å². The third kappa shape index (κ3) is 4.81. The Hall–Kier alpha value is -4.70. The highest BCUT2D eigenvalue weighted by atomic mass is 32.1. The molecule has 1 fully saturated rings. The molecule has 1 aliphatic rings. The number of aromatic nitrogens is 1. The molecule has 3 N–H and O–H groups in total. The molecule has 0 bridgehead atoms. The second-order valence-corrected chi connectivity index (χ2v) is 9.03. The van der Waals surface area contributed by atoms with Crippen molar-refractivity contribution in [3.8, 4) is 17.1 Å². The SMILES string of the molecule is COc1ccc(N2C(=S)N[C@H](c3ccccn3)[C@H]2c2ccc(-c3ccc(C(=O)O)cc3)o2)cc1NC(C)=O. The number of pyridine rings is 1.